The molecule has 0 aliphatic carbocycles. The molecule has 1 N–H and O–H groups in total. The number of aryl methyl sites for hydroxylation is 1. The Labute approximate surface area is 139 Å². The van der Waals surface area contributed by atoms with Gasteiger partial charge in [0.15, 0.2) is 5.96 Å². The summed E-state index contributed by atoms with van der Waals surface area (Å²) in [5.74, 6) is 1.01. The summed E-state index contributed by atoms with van der Waals surface area (Å²) in [6.07, 6.45) is 2.09. The molecule has 3 saturated heterocycles. The molecule has 0 saturated carbocycles. The molecule has 3 aliphatic heterocycles. The molecule has 128 valence electrons. The zero-order valence-corrected chi connectivity index (χ0v) is 14.7. The van der Waals surface area contributed by atoms with Crippen molar-refractivity contribution in [2.75, 3.05) is 52.9 Å². The number of aromatic nitrogens is 1. The van der Waals surface area contributed by atoms with Crippen LogP contribution in [0.1, 0.15) is 12.6 Å². The van der Waals surface area contributed by atoms with Crippen LogP contribution in [0.25, 0.3) is 0 Å². The zero-order chi connectivity index (χ0) is 16.2. The Morgan fingerprint density at radius 2 is 2.13 bits per heavy atom. The maximum absolute atomic E-state index is 4.92. The van der Waals surface area contributed by atoms with Crippen LogP contribution in [0.5, 0.6) is 0 Å². The first kappa shape index (κ1) is 16.3. The predicted molar refractivity (Wildman–Crippen MR) is 94.7 cm³/mol. The molecule has 4 heterocycles. The Hall–Kier alpha value is -1.53. The second kappa shape index (κ2) is 7.36. The standard InChI is InChI=1S/C17H30N6/c1-4-18-17(21(3)13-15-6-5-7-20(15)2)19-12-16-14-22-8-10-23(16)11-9-22/h5-7,16H,4,8-14H2,1-3H3,(H,18,19). The third-order valence-corrected chi connectivity index (χ3v) is 4.99. The lowest BCUT2D eigenvalue weighted by molar-refractivity contribution is 0.0173. The van der Waals surface area contributed by atoms with Gasteiger partial charge in [0.05, 0.1) is 13.1 Å². The van der Waals surface area contributed by atoms with Crippen molar-refractivity contribution in [3.63, 3.8) is 0 Å². The first-order valence-electron chi connectivity index (χ1n) is 8.73. The molecule has 2 bridgehead atoms. The number of fused-ring (bicyclic) bond motifs is 3. The molecule has 1 aromatic rings. The van der Waals surface area contributed by atoms with Crippen LogP contribution in [0.2, 0.25) is 0 Å². The van der Waals surface area contributed by atoms with E-state index >= 15 is 0 Å². The van der Waals surface area contributed by atoms with Gasteiger partial charge in [-0.2, -0.15) is 0 Å². The van der Waals surface area contributed by atoms with Crippen LogP contribution in [0.15, 0.2) is 23.3 Å². The van der Waals surface area contributed by atoms with Gasteiger partial charge in [-0.05, 0) is 19.1 Å². The SMILES string of the molecule is CCNC(=NCC1CN2CCN1CC2)N(C)Cc1cccn1C. The highest BCUT2D eigenvalue weighted by Gasteiger charge is 2.31. The summed E-state index contributed by atoms with van der Waals surface area (Å²) in [5.41, 5.74) is 1.30. The van der Waals surface area contributed by atoms with Crippen molar-refractivity contribution in [3.05, 3.63) is 24.0 Å². The topological polar surface area (TPSA) is 39.0 Å². The zero-order valence-electron chi connectivity index (χ0n) is 14.7. The van der Waals surface area contributed by atoms with E-state index in [1.165, 1.54) is 38.4 Å². The number of aliphatic imine (C=N–C) groups is 1. The average molecular weight is 318 g/mol. The second-order valence-electron chi connectivity index (χ2n) is 6.65. The van der Waals surface area contributed by atoms with Gasteiger partial charge in [0, 0.05) is 71.3 Å². The van der Waals surface area contributed by atoms with Crippen molar-refractivity contribution in [1.82, 2.24) is 24.6 Å². The van der Waals surface area contributed by atoms with E-state index in [-0.39, 0.29) is 0 Å². The molecule has 1 atom stereocenters. The van der Waals surface area contributed by atoms with Gasteiger partial charge < -0.3 is 14.8 Å². The van der Waals surface area contributed by atoms with E-state index in [0.717, 1.165) is 25.6 Å². The fourth-order valence-electron chi connectivity index (χ4n) is 3.54. The summed E-state index contributed by atoms with van der Waals surface area (Å²) in [6.45, 7) is 10.8. The molecule has 23 heavy (non-hydrogen) atoms. The van der Waals surface area contributed by atoms with Gasteiger partial charge in [0.2, 0.25) is 0 Å². The highest BCUT2D eigenvalue weighted by atomic mass is 15.4. The van der Waals surface area contributed by atoms with Gasteiger partial charge in [-0.1, -0.05) is 0 Å². The summed E-state index contributed by atoms with van der Waals surface area (Å²) >= 11 is 0. The van der Waals surface area contributed by atoms with Crippen molar-refractivity contribution >= 4 is 5.96 Å². The van der Waals surface area contributed by atoms with Gasteiger partial charge in [-0.25, -0.2) is 0 Å². The monoisotopic (exact) mass is 318 g/mol. The lowest BCUT2D eigenvalue weighted by Gasteiger charge is -2.47. The number of nitrogens with zero attached hydrogens (tertiary/aromatic N) is 5. The normalized spacial score (nSPS) is 27.3. The van der Waals surface area contributed by atoms with Crippen molar-refractivity contribution < 1.29 is 0 Å². The minimum absolute atomic E-state index is 0.578. The van der Waals surface area contributed by atoms with Gasteiger partial charge in [0.25, 0.3) is 0 Å². The predicted octanol–water partition coefficient (Wildman–Crippen LogP) is 0.422. The fourth-order valence-corrected chi connectivity index (χ4v) is 3.54. The fraction of sp³-hybridized carbons (Fsp3) is 0.706. The number of hydrogen-bond donors (Lipinski definition) is 1. The van der Waals surface area contributed by atoms with E-state index < -0.39 is 0 Å². The molecule has 3 aliphatic rings. The van der Waals surface area contributed by atoms with Crippen LogP contribution in [0.4, 0.5) is 0 Å². The second-order valence-corrected chi connectivity index (χ2v) is 6.65. The minimum Gasteiger partial charge on any atom is -0.357 e. The Morgan fingerprint density at radius 3 is 2.70 bits per heavy atom. The lowest BCUT2D eigenvalue weighted by Crippen LogP contribution is -2.62. The van der Waals surface area contributed by atoms with E-state index in [9.17, 15) is 0 Å². The van der Waals surface area contributed by atoms with E-state index in [1.54, 1.807) is 0 Å². The quantitative estimate of drug-likeness (QED) is 0.631. The molecule has 1 aromatic heterocycles. The molecule has 0 amide bonds. The van der Waals surface area contributed by atoms with Gasteiger partial charge in [0.1, 0.15) is 0 Å². The number of rotatable bonds is 5. The Bertz CT molecular complexity index is 529. The van der Waals surface area contributed by atoms with Gasteiger partial charge in [-0.15, -0.1) is 0 Å². The summed E-state index contributed by atoms with van der Waals surface area (Å²) < 4.78 is 2.17. The molecule has 3 fully saturated rings. The Kier molecular flexibility index (Phi) is 5.23. The van der Waals surface area contributed by atoms with E-state index in [1.807, 2.05) is 0 Å². The Balaban J connectivity index is 1.62. The van der Waals surface area contributed by atoms with Gasteiger partial charge >= 0.3 is 0 Å². The highest BCUT2D eigenvalue weighted by molar-refractivity contribution is 5.79. The van der Waals surface area contributed by atoms with E-state index in [2.05, 4.69) is 63.9 Å². The first-order chi connectivity index (χ1) is 11.2. The van der Waals surface area contributed by atoms with Crippen LogP contribution >= 0.6 is 0 Å². The molecule has 0 spiro atoms. The minimum atomic E-state index is 0.578. The average Bonchev–Trinajstić information content (AvgIpc) is 2.97. The van der Waals surface area contributed by atoms with Crippen LogP contribution in [-0.4, -0.2) is 84.1 Å². The van der Waals surface area contributed by atoms with Gasteiger partial charge in [-0.3, -0.25) is 14.8 Å². The lowest BCUT2D eigenvalue weighted by atomic mass is 10.1. The molecule has 6 heteroatoms. The molecule has 1 unspecified atom stereocenters. The Morgan fingerprint density at radius 1 is 1.35 bits per heavy atom. The molecular weight excluding hydrogens is 288 g/mol. The van der Waals surface area contributed by atoms with Crippen molar-refractivity contribution in [2.45, 2.75) is 19.5 Å². The summed E-state index contributed by atoms with van der Waals surface area (Å²) in [6, 6.07) is 4.84. The molecular formula is C17H30N6. The van der Waals surface area contributed by atoms with Crippen LogP contribution in [0, 0.1) is 0 Å². The van der Waals surface area contributed by atoms with Crippen molar-refractivity contribution in [2.24, 2.45) is 12.0 Å². The van der Waals surface area contributed by atoms with Crippen LogP contribution in [0.3, 0.4) is 0 Å². The molecule has 4 rings (SSSR count). The maximum atomic E-state index is 4.92. The molecule has 0 aromatic carbocycles. The molecule has 0 radical (unpaired) electrons. The van der Waals surface area contributed by atoms with Crippen molar-refractivity contribution in [3.8, 4) is 0 Å². The summed E-state index contributed by atoms with van der Waals surface area (Å²) in [5, 5.41) is 3.43. The smallest absolute Gasteiger partial charge is 0.194 e. The first-order valence-corrected chi connectivity index (χ1v) is 8.73. The number of nitrogens with one attached hydrogen (secondary N) is 1. The number of piperazine rings is 3. The largest absolute Gasteiger partial charge is 0.357 e. The number of guanidine groups is 1. The third-order valence-electron chi connectivity index (χ3n) is 4.99. The van der Waals surface area contributed by atoms with E-state index in [4.69, 9.17) is 4.99 Å². The molecule has 6 nitrogen and oxygen atoms in total. The van der Waals surface area contributed by atoms with Crippen LogP contribution < -0.4 is 5.32 Å². The third kappa shape index (κ3) is 3.87. The summed E-state index contributed by atoms with van der Waals surface area (Å²) in [7, 11) is 4.21. The highest BCUT2D eigenvalue weighted by Crippen LogP contribution is 2.15. The van der Waals surface area contributed by atoms with Crippen LogP contribution in [-0.2, 0) is 13.6 Å². The maximum Gasteiger partial charge on any atom is 0.194 e. The van der Waals surface area contributed by atoms with E-state index in [0.29, 0.717) is 6.04 Å². The summed E-state index contributed by atoms with van der Waals surface area (Å²) in [4.78, 5) is 12.3. The number of hydrogen-bond acceptors (Lipinski definition) is 3. The van der Waals surface area contributed by atoms with Crippen molar-refractivity contribution in [1.29, 1.82) is 0 Å².